The van der Waals surface area contributed by atoms with Crippen LogP contribution in [0.2, 0.25) is 0 Å². The molecule has 1 rings (SSSR count). The lowest BCUT2D eigenvalue weighted by Gasteiger charge is -2.16. The fourth-order valence-corrected chi connectivity index (χ4v) is 1.75. The minimum Gasteiger partial charge on any atom is -0.390 e. The lowest BCUT2D eigenvalue weighted by atomic mass is 10.1. The molecule has 78 valence electrons. The van der Waals surface area contributed by atoms with Gasteiger partial charge in [0.05, 0.1) is 5.60 Å². The monoisotopic (exact) mass is 185 g/mol. The summed E-state index contributed by atoms with van der Waals surface area (Å²) in [5, 5.41) is 13.0. The Labute approximate surface area is 81.7 Å². The number of hydrogen-bond donors (Lipinski definition) is 2. The van der Waals surface area contributed by atoms with Crippen molar-refractivity contribution in [2.75, 3.05) is 6.54 Å². The van der Waals surface area contributed by atoms with E-state index in [1.54, 1.807) is 0 Å². The summed E-state index contributed by atoms with van der Waals surface area (Å²) in [6, 6.07) is 0.752. The van der Waals surface area contributed by atoms with Gasteiger partial charge in [0.2, 0.25) is 0 Å². The molecule has 1 fully saturated rings. The van der Waals surface area contributed by atoms with E-state index in [0.29, 0.717) is 0 Å². The van der Waals surface area contributed by atoms with Crippen molar-refractivity contribution in [2.45, 2.75) is 58.1 Å². The van der Waals surface area contributed by atoms with E-state index < -0.39 is 5.60 Å². The molecule has 2 atom stereocenters. The van der Waals surface area contributed by atoms with Gasteiger partial charge in [-0.1, -0.05) is 13.3 Å². The Morgan fingerprint density at radius 1 is 1.46 bits per heavy atom. The maximum absolute atomic E-state index is 9.48. The van der Waals surface area contributed by atoms with E-state index in [-0.39, 0.29) is 0 Å². The highest BCUT2D eigenvalue weighted by Crippen LogP contribution is 2.34. The van der Waals surface area contributed by atoms with Crippen LogP contribution in [0.4, 0.5) is 0 Å². The maximum Gasteiger partial charge on any atom is 0.0603 e. The number of hydrogen-bond acceptors (Lipinski definition) is 2. The Bertz CT molecular complexity index is 151. The molecule has 1 saturated carbocycles. The summed E-state index contributed by atoms with van der Waals surface area (Å²) in [6.07, 6.45) is 4.86. The molecule has 0 aromatic heterocycles. The minimum atomic E-state index is -0.512. The third-order valence-electron chi connectivity index (χ3n) is 2.73. The summed E-state index contributed by atoms with van der Waals surface area (Å²) >= 11 is 0. The normalized spacial score (nSPS) is 27.7. The van der Waals surface area contributed by atoms with Crippen molar-refractivity contribution in [3.05, 3.63) is 0 Å². The van der Waals surface area contributed by atoms with Gasteiger partial charge in [0.15, 0.2) is 0 Å². The van der Waals surface area contributed by atoms with Crippen molar-refractivity contribution >= 4 is 0 Å². The van der Waals surface area contributed by atoms with Gasteiger partial charge in [0.1, 0.15) is 0 Å². The van der Waals surface area contributed by atoms with Crippen molar-refractivity contribution in [1.82, 2.24) is 5.32 Å². The van der Waals surface area contributed by atoms with Gasteiger partial charge in [-0.05, 0) is 45.6 Å². The zero-order valence-corrected chi connectivity index (χ0v) is 9.14. The lowest BCUT2D eigenvalue weighted by Crippen LogP contribution is -2.28. The highest BCUT2D eigenvalue weighted by atomic mass is 16.3. The van der Waals surface area contributed by atoms with Gasteiger partial charge < -0.3 is 10.4 Å². The average Bonchev–Trinajstić information content (AvgIpc) is 2.66. The van der Waals surface area contributed by atoms with Crippen LogP contribution in [-0.4, -0.2) is 23.3 Å². The molecule has 0 heterocycles. The predicted octanol–water partition coefficient (Wildman–Crippen LogP) is 1.93. The number of rotatable bonds is 6. The second-order valence-corrected chi connectivity index (χ2v) is 4.91. The molecular weight excluding hydrogens is 162 g/mol. The zero-order chi connectivity index (χ0) is 9.90. The SMILES string of the molecule is CCCC1CC1NCCC(C)(C)O. The molecule has 2 nitrogen and oxygen atoms in total. The van der Waals surface area contributed by atoms with E-state index in [1.807, 2.05) is 13.8 Å². The fraction of sp³-hybridized carbons (Fsp3) is 1.00. The Hall–Kier alpha value is -0.0800. The number of nitrogens with one attached hydrogen (secondary N) is 1. The standard InChI is InChI=1S/C11H23NO/c1-4-5-9-8-10(9)12-7-6-11(2,3)13/h9-10,12-13H,4-8H2,1-3H3. The molecule has 0 radical (unpaired) electrons. The Balaban J connectivity index is 1.97. The first-order valence-electron chi connectivity index (χ1n) is 5.48. The largest absolute Gasteiger partial charge is 0.390 e. The van der Waals surface area contributed by atoms with Crippen LogP contribution >= 0.6 is 0 Å². The summed E-state index contributed by atoms with van der Waals surface area (Å²) in [5.41, 5.74) is -0.512. The van der Waals surface area contributed by atoms with Crippen LogP contribution in [-0.2, 0) is 0 Å². The summed E-state index contributed by atoms with van der Waals surface area (Å²) in [4.78, 5) is 0. The van der Waals surface area contributed by atoms with Crippen molar-refractivity contribution in [3.8, 4) is 0 Å². The van der Waals surface area contributed by atoms with E-state index in [2.05, 4.69) is 12.2 Å². The van der Waals surface area contributed by atoms with Gasteiger partial charge in [0, 0.05) is 6.04 Å². The highest BCUT2D eigenvalue weighted by molar-refractivity contribution is 4.92. The molecule has 13 heavy (non-hydrogen) atoms. The third-order valence-corrected chi connectivity index (χ3v) is 2.73. The van der Waals surface area contributed by atoms with Crippen LogP contribution in [0, 0.1) is 5.92 Å². The van der Waals surface area contributed by atoms with Crippen molar-refractivity contribution in [1.29, 1.82) is 0 Å². The lowest BCUT2D eigenvalue weighted by molar-refractivity contribution is 0.0710. The molecular formula is C11H23NO. The molecule has 2 unspecified atom stereocenters. The molecule has 0 saturated heterocycles. The summed E-state index contributed by atoms with van der Waals surface area (Å²) in [6.45, 7) is 6.93. The molecule has 0 bridgehead atoms. The van der Waals surface area contributed by atoms with Crippen molar-refractivity contribution < 1.29 is 5.11 Å². The topological polar surface area (TPSA) is 32.3 Å². The van der Waals surface area contributed by atoms with E-state index >= 15 is 0 Å². The van der Waals surface area contributed by atoms with Crippen LogP contribution < -0.4 is 5.32 Å². The quantitative estimate of drug-likeness (QED) is 0.662. The van der Waals surface area contributed by atoms with Gasteiger partial charge in [-0.3, -0.25) is 0 Å². The second-order valence-electron chi connectivity index (χ2n) is 4.91. The first-order valence-corrected chi connectivity index (χ1v) is 5.48. The zero-order valence-electron chi connectivity index (χ0n) is 9.14. The summed E-state index contributed by atoms with van der Waals surface area (Å²) in [5.74, 6) is 0.923. The summed E-state index contributed by atoms with van der Waals surface area (Å²) < 4.78 is 0. The van der Waals surface area contributed by atoms with Crippen LogP contribution in [0.3, 0.4) is 0 Å². The molecule has 0 amide bonds. The molecule has 0 aromatic rings. The van der Waals surface area contributed by atoms with E-state index in [0.717, 1.165) is 24.9 Å². The molecule has 0 aliphatic heterocycles. The average molecular weight is 185 g/mol. The molecule has 2 heteroatoms. The Morgan fingerprint density at radius 2 is 2.15 bits per heavy atom. The molecule has 0 aromatic carbocycles. The predicted molar refractivity (Wildman–Crippen MR) is 55.7 cm³/mol. The van der Waals surface area contributed by atoms with E-state index in [4.69, 9.17) is 0 Å². The molecule has 1 aliphatic rings. The van der Waals surface area contributed by atoms with E-state index in [1.165, 1.54) is 19.3 Å². The Morgan fingerprint density at radius 3 is 2.69 bits per heavy atom. The van der Waals surface area contributed by atoms with Gasteiger partial charge in [-0.2, -0.15) is 0 Å². The van der Waals surface area contributed by atoms with Crippen LogP contribution in [0.1, 0.15) is 46.5 Å². The molecule has 0 spiro atoms. The first kappa shape index (κ1) is 11.0. The fourth-order valence-electron chi connectivity index (χ4n) is 1.75. The highest BCUT2D eigenvalue weighted by Gasteiger charge is 2.35. The minimum absolute atomic E-state index is 0.512. The second kappa shape index (κ2) is 4.43. The Kier molecular flexibility index (Phi) is 3.74. The van der Waals surface area contributed by atoms with Crippen LogP contribution in [0.15, 0.2) is 0 Å². The first-order chi connectivity index (χ1) is 6.03. The molecule has 1 aliphatic carbocycles. The van der Waals surface area contributed by atoms with Gasteiger partial charge >= 0.3 is 0 Å². The van der Waals surface area contributed by atoms with Crippen molar-refractivity contribution in [2.24, 2.45) is 5.92 Å². The van der Waals surface area contributed by atoms with Gasteiger partial charge in [-0.25, -0.2) is 0 Å². The van der Waals surface area contributed by atoms with Gasteiger partial charge in [0.25, 0.3) is 0 Å². The van der Waals surface area contributed by atoms with Crippen LogP contribution in [0.25, 0.3) is 0 Å². The van der Waals surface area contributed by atoms with Crippen LogP contribution in [0.5, 0.6) is 0 Å². The third kappa shape index (κ3) is 4.63. The smallest absolute Gasteiger partial charge is 0.0603 e. The maximum atomic E-state index is 9.48. The van der Waals surface area contributed by atoms with Gasteiger partial charge in [-0.15, -0.1) is 0 Å². The van der Waals surface area contributed by atoms with Crippen molar-refractivity contribution in [3.63, 3.8) is 0 Å². The molecule has 2 N–H and O–H groups in total. The summed E-state index contributed by atoms with van der Waals surface area (Å²) in [7, 11) is 0. The number of aliphatic hydroxyl groups is 1. The van der Waals surface area contributed by atoms with E-state index in [9.17, 15) is 5.11 Å².